The van der Waals surface area contributed by atoms with Crippen LogP contribution < -0.4 is 15.4 Å². The van der Waals surface area contributed by atoms with Crippen LogP contribution in [0.1, 0.15) is 31.7 Å². The normalized spacial score (nSPS) is 13.8. The molecule has 1 fully saturated rings. The number of fused-ring (bicyclic) bond motifs is 2. The van der Waals surface area contributed by atoms with Crippen molar-refractivity contribution in [1.29, 1.82) is 0 Å². The first kappa shape index (κ1) is 28.6. The zero-order valence-electron chi connectivity index (χ0n) is 24.7. The second kappa shape index (κ2) is 13.2. The minimum Gasteiger partial charge on any atom is -0.493 e. The number of morpholine rings is 1. The number of aromatic amines is 1. The SMILES string of the molecule is CCCC(=O)Nc1cccc(-c2nc(Nc3ccc4[nH]ncc4c3)c3cc(OCCCN4CCOCC4)c(C)cc3n2)c1. The number of nitrogens with zero attached hydrogens (tertiary/aromatic N) is 4. The van der Waals surface area contributed by atoms with Gasteiger partial charge in [-0.15, -0.1) is 0 Å². The average molecular weight is 580 g/mol. The molecule has 1 saturated heterocycles. The number of hydrogen-bond donors (Lipinski definition) is 3. The summed E-state index contributed by atoms with van der Waals surface area (Å²) in [4.78, 5) is 24.6. The first-order valence-electron chi connectivity index (χ1n) is 14.9. The monoisotopic (exact) mass is 579 g/mol. The van der Waals surface area contributed by atoms with Gasteiger partial charge in [-0.1, -0.05) is 19.1 Å². The fourth-order valence-electron chi connectivity index (χ4n) is 5.28. The molecule has 0 spiro atoms. The predicted octanol–water partition coefficient (Wildman–Crippen LogP) is 6.06. The zero-order chi connectivity index (χ0) is 29.6. The Kier molecular flexibility index (Phi) is 8.76. The number of amides is 1. The van der Waals surface area contributed by atoms with Crippen molar-refractivity contribution in [2.24, 2.45) is 0 Å². The van der Waals surface area contributed by atoms with E-state index in [2.05, 4.69) is 31.8 Å². The summed E-state index contributed by atoms with van der Waals surface area (Å²) in [5, 5.41) is 15.5. The molecule has 0 aliphatic carbocycles. The highest BCUT2D eigenvalue weighted by Gasteiger charge is 2.15. The Balaban J connectivity index is 1.31. The summed E-state index contributed by atoms with van der Waals surface area (Å²) in [7, 11) is 0. The molecule has 1 aliphatic heterocycles. The third kappa shape index (κ3) is 6.93. The van der Waals surface area contributed by atoms with Gasteiger partial charge in [0.05, 0.1) is 37.1 Å². The topological polar surface area (TPSA) is 117 Å². The van der Waals surface area contributed by atoms with Crippen molar-refractivity contribution < 1.29 is 14.3 Å². The largest absolute Gasteiger partial charge is 0.493 e. The molecule has 3 N–H and O–H groups in total. The molecular formula is C33H37N7O3. The second-order valence-electron chi connectivity index (χ2n) is 10.9. The Hall–Kier alpha value is -4.54. The summed E-state index contributed by atoms with van der Waals surface area (Å²) in [5.41, 5.74) is 5.19. The number of nitrogens with one attached hydrogen (secondary N) is 3. The maximum atomic E-state index is 12.2. The van der Waals surface area contributed by atoms with Gasteiger partial charge in [-0.05, 0) is 67.8 Å². The van der Waals surface area contributed by atoms with Gasteiger partial charge in [0.1, 0.15) is 11.6 Å². The molecule has 6 rings (SSSR count). The number of carbonyl (C=O) groups excluding carboxylic acids is 1. The van der Waals surface area contributed by atoms with Gasteiger partial charge in [-0.25, -0.2) is 9.97 Å². The fourth-order valence-corrected chi connectivity index (χ4v) is 5.28. The highest BCUT2D eigenvalue weighted by molar-refractivity contribution is 5.95. The number of H-pyrrole nitrogens is 1. The Morgan fingerprint density at radius 1 is 1.07 bits per heavy atom. The van der Waals surface area contributed by atoms with Crippen LogP contribution in [0, 0.1) is 6.92 Å². The highest BCUT2D eigenvalue weighted by Crippen LogP contribution is 2.33. The van der Waals surface area contributed by atoms with E-state index in [1.165, 1.54) is 0 Å². The molecule has 0 bridgehead atoms. The van der Waals surface area contributed by atoms with Crippen molar-refractivity contribution in [3.05, 3.63) is 66.4 Å². The number of rotatable bonds is 11. The Morgan fingerprint density at radius 3 is 2.81 bits per heavy atom. The third-order valence-corrected chi connectivity index (χ3v) is 7.56. The van der Waals surface area contributed by atoms with Gasteiger partial charge < -0.3 is 20.1 Å². The van der Waals surface area contributed by atoms with Gasteiger partial charge in [0, 0.05) is 53.8 Å². The van der Waals surface area contributed by atoms with E-state index in [0.29, 0.717) is 24.7 Å². The van der Waals surface area contributed by atoms with Crippen LogP contribution in [0.5, 0.6) is 5.75 Å². The van der Waals surface area contributed by atoms with Gasteiger partial charge in [0.25, 0.3) is 0 Å². The van der Waals surface area contributed by atoms with Crippen LogP contribution >= 0.6 is 0 Å². The minimum atomic E-state index is -0.0100. The second-order valence-corrected chi connectivity index (χ2v) is 10.9. The number of carbonyl (C=O) groups is 1. The standard InChI is InChI=1S/C33H37N7O3/c1-3-6-31(41)35-25-8-4-7-23(18-25)32-37-29-17-22(2)30(43-14-5-11-40-12-15-42-16-13-40)20-27(29)33(38-32)36-26-9-10-28-24(19-26)21-34-39-28/h4,7-10,17-21H,3,5-6,11-16H2,1-2H3,(H,34,39)(H,35,41)(H,36,37,38). The van der Waals surface area contributed by atoms with Crippen LogP contribution in [-0.2, 0) is 9.53 Å². The van der Waals surface area contributed by atoms with E-state index in [4.69, 9.17) is 19.4 Å². The molecule has 3 heterocycles. The van der Waals surface area contributed by atoms with Crippen molar-refractivity contribution in [1.82, 2.24) is 25.1 Å². The first-order valence-corrected chi connectivity index (χ1v) is 14.9. The molecular weight excluding hydrogens is 542 g/mol. The summed E-state index contributed by atoms with van der Waals surface area (Å²) in [6, 6.07) is 17.8. The predicted molar refractivity (Wildman–Crippen MR) is 170 cm³/mol. The quantitative estimate of drug-likeness (QED) is 0.162. The minimum absolute atomic E-state index is 0.0100. The molecule has 0 atom stereocenters. The Bertz CT molecular complexity index is 1730. The van der Waals surface area contributed by atoms with E-state index in [0.717, 1.165) is 95.7 Å². The van der Waals surface area contributed by atoms with Gasteiger partial charge in [-0.3, -0.25) is 14.8 Å². The number of ether oxygens (including phenoxy) is 2. The molecule has 43 heavy (non-hydrogen) atoms. The molecule has 10 nitrogen and oxygen atoms in total. The molecule has 0 unspecified atom stereocenters. The average Bonchev–Trinajstić information content (AvgIpc) is 3.48. The van der Waals surface area contributed by atoms with Gasteiger partial charge in [-0.2, -0.15) is 5.10 Å². The number of benzene rings is 3. The summed E-state index contributed by atoms with van der Waals surface area (Å²) < 4.78 is 11.7. The van der Waals surface area contributed by atoms with Crippen molar-refractivity contribution in [3.8, 4) is 17.1 Å². The fraction of sp³-hybridized carbons (Fsp3) is 0.333. The summed E-state index contributed by atoms with van der Waals surface area (Å²) in [5.74, 6) is 2.04. The lowest BCUT2D eigenvalue weighted by atomic mass is 10.1. The lowest BCUT2D eigenvalue weighted by Crippen LogP contribution is -2.37. The van der Waals surface area contributed by atoms with Crippen LogP contribution in [-0.4, -0.2) is 70.4 Å². The third-order valence-electron chi connectivity index (χ3n) is 7.56. The molecule has 2 aromatic heterocycles. The van der Waals surface area contributed by atoms with Crippen LogP contribution in [0.2, 0.25) is 0 Å². The zero-order valence-corrected chi connectivity index (χ0v) is 24.7. The van der Waals surface area contributed by atoms with E-state index >= 15 is 0 Å². The van der Waals surface area contributed by atoms with E-state index in [-0.39, 0.29) is 5.91 Å². The molecule has 3 aromatic carbocycles. The highest BCUT2D eigenvalue weighted by atomic mass is 16.5. The smallest absolute Gasteiger partial charge is 0.224 e. The van der Waals surface area contributed by atoms with E-state index in [1.54, 1.807) is 6.20 Å². The Morgan fingerprint density at radius 2 is 1.95 bits per heavy atom. The maximum Gasteiger partial charge on any atom is 0.224 e. The van der Waals surface area contributed by atoms with E-state index < -0.39 is 0 Å². The lowest BCUT2D eigenvalue weighted by molar-refractivity contribution is -0.116. The molecule has 0 radical (unpaired) electrons. The van der Waals surface area contributed by atoms with Crippen molar-refractivity contribution in [2.45, 2.75) is 33.1 Å². The number of aryl methyl sites for hydroxylation is 1. The van der Waals surface area contributed by atoms with Gasteiger partial charge in [0.2, 0.25) is 5.91 Å². The molecule has 1 aliphatic rings. The molecule has 10 heteroatoms. The maximum absolute atomic E-state index is 12.2. The number of aromatic nitrogens is 4. The summed E-state index contributed by atoms with van der Waals surface area (Å²) in [6.45, 7) is 9.19. The molecule has 1 amide bonds. The van der Waals surface area contributed by atoms with Crippen LogP contribution in [0.3, 0.4) is 0 Å². The van der Waals surface area contributed by atoms with Gasteiger partial charge >= 0.3 is 0 Å². The van der Waals surface area contributed by atoms with E-state index in [1.807, 2.05) is 62.4 Å². The number of hydrogen-bond acceptors (Lipinski definition) is 8. The van der Waals surface area contributed by atoms with Crippen LogP contribution in [0.4, 0.5) is 17.2 Å². The molecule has 222 valence electrons. The van der Waals surface area contributed by atoms with Crippen LogP contribution in [0.25, 0.3) is 33.2 Å². The van der Waals surface area contributed by atoms with Crippen molar-refractivity contribution >= 4 is 44.9 Å². The molecule has 0 saturated carbocycles. The van der Waals surface area contributed by atoms with Crippen molar-refractivity contribution in [2.75, 3.05) is 50.1 Å². The van der Waals surface area contributed by atoms with Gasteiger partial charge in [0.15, 0.2) is 5.82 Å². The lowest BCUT2D eigenvalue weighted by Gasteiger charge is -2.26. The summed E-state index contributed by atoms with van der Waals surface area (Å²) >= 11 is 0. The number of anilines is 3. The van der Waals surface area contributed by atoms with Crippen LogP contribution in [0.15, 0.2) is 60.8 Å². The Labute approximate surface area is 250 Å². The summed E-state index contributed by atoms with van der Waals surface area (Å²) in [6.07, 6.45) is 4.00. The first-order chi connectivity index (χ1) is 21.1. The van der Waals surface area contributed by atoms with Crippen molar-refractivity contribution in [3.63, 3.8) is 0 Å². The van der Waals surface area contributed by atoms with E-state index in [9.17, 15) is 4.79 Å². The molecule has 5 aromatic rings.